The van der Waals surface area contributed by atoms with E-state index in [1.807, 2.05) is 0 Å². The van der Waals surface area contributed by atoms with Crippen LogP contribution in [0.5, 0.6) is 0 Å². The highest BCUT2D eigenvalue weighted by Gasteiger charge is 2.34. The summed E-state index contributed by atoms with van der Waals surface area (Å²) in [6.07, 6.45) is 7.22. The zero-order valence-corrected chi connectivity index (χ0v) is 10.9. The van der Waals surface area contributed by atoms with Crippen molar-refractivity contribution >= 4 is 0 Å². The summed E-state index contributed by atoms with van der Waals surface area (Å²) in [5.41, 5.74) is 0.421. The van der Waals surface area contributed by atoms with Gasteiger partial charge in [-0.05, 0) is 42.9 Å². The Morgan fingerprint density at radius 3 is 2.40 bits per heavy atom. The van der Waals surface area contributed by atoms with Gasteiger partial charge in [-0.15, -0.1) is 0 Å². The van der Waals surface area contributed by atoms with E-state index in [0.717, 1.165) is 12.3 Å². The SMILES string of the molecule is CCCCC1CC(C(C)(C)C)CCC1O. The van der Waals surface area contributed by atoms with Gasteiger partial charge in [0.2, 0.25) is 0 Å². The third-order valence-electron chi connectivity index (χ3n) is 4.10. The molecule has 1 fully saturated rings. The normalized spacial score (nSPS) is 33.0. The van der Waals surface area contributed by atoms with Gasteiger partial charge in [-0.3, -0.25) is 0 Å². The second kappa shape index (κ2) is 5.34. The van der Waals surface area contributed by atoms with E-state index in [-0.39, 0.29) is 6.10 Å². The lowest BCUT2D eigenvalue weighted by Gasteiger charge is -2.40. The van der Waals surface area contributed by atoms with Crippen molar-refractivity contribution in [3.8, 4) is 0 Å². The number of unbranched alkanes of at least 4 members (excludes halogenated alkanes) is 1. The molecule has 0 aliphatic heterocycles. The van der Waals surface area contributed by atoms with Gasteiger partial charge in [-0.2, -0.15) is 0 Å². The van der Waals surface area contributed by atoms with Gasteiger partial charge < -0.3 is 5.11 Å². The highest BCUT2D eigenvalue weighted by molar-refractivity contribution is 4.85. The van der Waals surface area contributed by atoms with E-state index in [1.54, 1.807) is 0 Å². The van der Waals surface area contributed by atoms with Crippen LogP contribution in [0.1, 0.15) is 66.2 Å². The van der Waals surface area contributed by atoms with Gasteiger partial charge in [0.15, 0.2) is 0 Å². The van der Waals surface area contributed by atoms with Crippen LogP contribution < -0.4 is 0 Å². The first-order chi connectivity index (χ1) is 6.95. The van der Waals surface area contributed by atoms with Crippen molar-refractivity contribution in [2.24, 2.45) is 17.3 Å². The summed E-state index contributed by atoms with van der Waals surface area (Å²) < 4.78 is 0. The van der Waals surface area contributed by atoms with E-state index in [9.17, 15) is 5.11 Å². The van der Waals surface area contributed by atoms with Gasteiger partial charge in [0.1, 0.15) is 0 Å². The summed E-state index contributed by atoms with van der Waals surface area (Å²) in [4.78, 5) is 0. The lowest BCUT2D eigenvalue weighted by atomic mass is 9.67. The first-order valence-electron chi connectivity index (χ1n) is 6.63. The quantitative estimate of drug-likeness (QED) is 0.749. The monoisotopic (exact) mass is 212 g/mol. The van der Waals surface area contributed by atoms with Crippen LogP contribution in [-0.4, -0.2) is 11.2 Å². The molecule has 1 aliphatic rings. The molecule has 0 spiro atoms. The van der Waals surface area contributed by atoms with Crippen LogP contribution in [0.3, 0.4) is 0 Å². The van der Waals surface area contributed by atoms with Gasteiger partial charge in [-0.25, -0.2) is 0 Å². The summed E-state index contributed by atoms with van der Waals surface area (Å²) in [6, 6.07) is 0. The maximum atomic E-state index is 9.98. The van der Waals surface area contributed by atoms with Crippen molar-refractivity contribution in [2.45, 2.75) is 72.3 Å². The Morgan fingerprint density at radius 1 is 1.20 bits per heavy atom. The van der Waals surface area contributed by atoms with Gasteiger partial charge in [0.05, 0.1) is 6.10 Å². The standard InChI is InChI=1S/C14H28O/c1-5-6-7-11-10-12(14(2,3)4)8-9-13(11)15/h11-13,15H,5-10H2,1-4H3. The molecule has 0 bridgehead atoms. The van der Waals surface area contributed by atoms with E-state index < -0.39 is 0 Å². The van der Waals surface area contributed by atoms with Gasteiger partial charge >= 0.3 is 0 Å². The second-order valence-electron chi connectivity index (χ2n) is 6.35. The van der Waals surface area contributed by atoms with Gasteiger partial charge in [0.25, 0.3) is 0 Å². The first-order valence-corrected chi connectivity index (χ1v) is 6.63. The highest BCUT2D eigenvalue weighted by atomic mass is 16.3. The van der Waals surface area contributed by atoms with Crippen molar-refractivity contribution in [1.82, 2.24) is 0 Å². The maximum absolute atomic E-state index is 9.98. The van der Waals surface area contributed by atoms with E-state index in [0.29, 0.717) is 11.3 Å². The summed E-state index contributed by atoms with van der Waals surface area (Å²) in [5, 5.41) is 9.98. The van der Waals surface area contributed by atoms with Crippen molar-refractivity contribution in [3.63, 3.8) is 0 Å². The van der Waals surface area contributed by atoms with E-state index in [2.05, 4.69) is 27.7 Å². The van der Waals surface area contributed by atoms with E-state index in [4.69, 9.17) is 0 Å². The predicted molar refractivity (Wildman–Crippen MR) is 65.8 cm³/mol. The molecule has 1 nitrogen and oxygen atoms in total. The third kappa shape index (κ3) is 3.79. The van der Waals surface area contributed by atoms with Crippen molar-refractivity contribution in [2.75, 3.05) is 0 Å². The zero-order chi connectivity index (χ0) is 11.5. The fraction of sp³-hybridized carbons (Fsp3) is 1.00. The summed E-state index contributed by atoms with van der Waals surface area (Å²) >= 11 is 0. The highest BCUT2D eigenvalue weighted by Crippen LogP contribution is 2.41. The summed E-state index contributed by atoms with van der Waals surface area (Å²) in [7, 11) is 0. The second-order valence-corrected chi connectivity index (χ2v) is 6.35. The molecule has 0 aromatic heterocycles. The molecule has 1 saturated carbocycles. The van der Waals surface area contributed by atoms with Crippen LogP contribution in [0, 0.1) is 17.3 Å². The minimum absolute atomic E-state index is 0.0184. The average Bonchev–Trinajstić information content (AvgIpc) is 2.15. The smallest absolute Gasteiger partial charge is 0.0568 e. The van der Waals surface area contributed by atoms with Crippen LogP contribution in [0.15, 0.2) is 0 Å². The van der Waals surface area contributed by atoms with Gasteiger partial charge in [-0.1, -0.05) is 40.5 Å². The van der Waals surface area contributed by atoms with Crippen LogP contribution in [-0.2, 0) is 0 Å². The molecule has 0 aromatic carbocycles. The average molecular weight is 212 g/mol. The Labute approximate surface area is 95.3 Å². The Balaban J connectivity index is 2.48. The Bertz CT molecular complexity index is 180. The molecule has 15 heavy (non-hydrogen) atoms. The molecular formula is C14H28O. The third-order valence-corrected chi connectivity index (χ3v) is 4.10. The molecule has 0 amide bonds. The van der Waals surface area contributed by atoms with Crippen molar-refractivity contribution < 1.29 is 5.11 Å². The molecule has 1 aliphatic carbocycles. The predicted octanol–water partition coefficient (Wildman–Crippen LogP) is 4.00. The molecule has 3 unspecified atom stereocenters. The molecule has 0 aromatic rings. The van der Waals surface area contributed by atoms with Crippen LogP contribution in [0.2, 0.25) is 0 Å². The minimum atomic E-state index is -0.0184. The summed E-state index contributed by atoms with van der Waals surface area (Å²) in [5.74, 6) is 1.38. The number of hydrogen-bond donors (Lipinski definition) is 1. The maximum Gasteiger partial charge on any atom is 0.0568 e. The van der Waals surface area contributed by atoms with Crippen LogP contribution in [0.4, 0.5) is 0 Å². The Hall–Kier alpha value is -0.0400. The van der Waals surface area contributed by atoms with Crippen molar-refractivity contribution in [1.29, 1.82) is 0 Å². The molecule has 1 heteroatoms. The molecule has 3 atom stereocenters. The molecule has 0 radical (unpaired) electrons. The molecule has 90 valence electrons. The van der Waals surface area contributed by atoms with Gasteiger partial charge in [0, 0.05) is 0 Å². The topological polar surface area (TPSA) is 20.2 Å². The number of hydrogen-bond acceptors (Lipinski definition) is 1. The zero-order valence-electron chi connectivity index (χ0n) is 10.9. The fourth-order valence-corrected chi connectivity index (χ4v) is 2.81. The molecule has 1 rings (SSSR count). The summed E-state index contributed by atoms with van der Waals surface area (Å²) in [6.45, 7) is 9.25. The lowest BCUT2D eigenvalue weighted by Crippen LogP contribution is -2.34. The van der Waals surface area contributed by atoms with Crippen LogP contribution in [0.25, 0.3) is 0 Å². The molecule has 1 N–H and O–H groups in total. The largest absolute Gasteiger partial charge is 0.393 e. The molecule has 0 saturated heterocycles. The molecular weight excluding hydrogens is 184 g/mol. The Kier molecular flexibility index (Phi) is 4.64. The minimum Gasteiger partial charge on any atom is -0.393 e. The van der Waals surface area contributed by atoms with Crippen molar-refractivity contribution in [3.05, 3.63) is 0 Å². The number of rotatable bonds is 3. The Morgan fingerprint density at radius 2 is 1.87 bits per heavy atom. The number of aliphatic hydroxyl groups excluding tert-OH is 1. The molecule has 0 heterocycles. The van der Waals surface area contributed by atoms with E-state index >= 15 is 0 Å². The number of aliphatic hydroxyl groups is 1. The lowest BCUT2D eigenvalue weighted by molar-refractivity contribution is 0.0150. The fourth-order valence-electron chi connectivity index (χ4n) is 2.81. The van der Waals surface area contributed by atoms with Crippen LogP contribution >= 0.6 is 0 Å². The first kappa shape index (κ1) is 13.0. The van der Waals surface area contributed by atoms with E-state index in [1.165, 1.54) is 32.1 Å².